The molecule has 1 aromatic rings. The van der Waals surface area contributed by atoms with Gasteiger partial charge in [0.05, 0.1) is 10.8 Å². The summed E-state index contributed by atoms with van der Waals surface area (Å²) in [6.45, 7) is 6.48. The van der Waals surface area contributed by atoms with Crippen molar-refractivity contribution in [3.8, 4) is 0 Å². The summed E-state index contributed by atoms with van der Waals surface area (Å²) in [4.78, 5) is 12.2. The van der Waals surface area contributed by atoms with Gasteiger partial charge in [0.1, 0.15) is 0 Å². The lowest BCUT2D eigenvalue weighted by Gasteiger charge is -2.24. The molecule has 0 fully saturated rings. The molecule has 1 N–H and O–H groups in total. The SMILES string of the molecule is CCCC(Cl)CNC(=O)C(C)(C)c1ccccc1. The van der Waals surface area contributed by atoms with Gasteiger partial charge < -0.3 is 5.32 Å². The minimum atomic E-state index is -0.524. The maximum Gasteiger partial charge on any atom is 0.230 e. The molecular weight excluding hydrogens is 246 g/mol. The minimum absolute atomic E-state index is 0.0190. The first-order chi connectivity index (χ1) is 8.48. The van der Waals surface area contributed by atoms with Gasteiger partial charge >= 0.3 is 0 Å². The van der Waals surface area contributed by atoms with Gasteiger partial charge in [-0.25, -0.2) is 0 Å². The summed E-state index contributed by atoms with van der Waals surface area (Å²) in [6.07, 6.45) is 1.96. The minimum Gasteiger partial charge on any atom is -0.354 e. The van der Waals surface area contributed by atoms with Gasteiger partial charge in [0.2, 0.25) is 5.91 Å². The van der Waals surface area contributed by atoms with Gasteiger partial charge in [-0.1, -0.05) is 43.7 Å². The number of amides is 1. The average Bonchev–Trinajstić information content (AvgIpc) is 2.37. The molecule has 100 valence electrons. The zero-order chi connectivity index (χ0) is 13.6. The number of hydrogen-bond acceptors (Lipinski definition) is 1. The highest BCUT2D eigenvalue weighted by Crippen LogP contribution is 2.23. The van der Waals surface area contributed by atoms with Crippen molar-refractivity contribution in [1.82, 2.24) is 5.32 Å². The van der Waals surface area contributed by atoms with E-state index in [2.05, 4.69) is 12.2 Å². The molecule has 3 heteroatoms. The lowest BCUT2D eigenvalue weighted by Crippen LogP contribution is -2.42. The van der Waals surface area contributed by atoms with Crippen LogP contribution in [0.2, 0.25) is 0 Å². The van der Waals surface area contributed by atoms with Gasteiger partial charge in [-0.05, 0) is 25.8 Å². The van der Waals surface area contributed by atoms with E-state index in [0.717, 1.165) is 18.4 Å². The van der Waals surface area contributed by atoms with E-state index in [1.165, 1.54) is 0 Å². The van der Waals surface area contributed by atoms with E-state index in [9.17, 15) is 4.79 Å². The predicted octanol–water partition coefficient (Wildman–Crippen LogP) is 3.49. The second-order valence-corrected chi connectivity index (χ2v) is 5.70. The van der Waals surface area contributed by atoms with Crippen LogP contribution in [0.5, 0.6) is 0 Å². The van der Waals surface area contributed by atoms with Crippen molar-refractivity contribution in [3.63, 3.8) is 0 Å². The summed E-state index contributed by atoms with van der Waals surface area (Å²) in [5, 5.41) is 2.95. The summed E-state index contributed by atoms with van der Waals surface area (Å²) in [5.74, 6) is 0.0236. The molecule has 1 amide bonds. The van der Waals surface area contributed by atoms with Crippen LogP contribution in [0.4, 0.5) is 0 Å². The summed E-state index contributed by atoms with van der Waals surface area (Å²) in [7, 11) is 0. The normalized spacial score (nSPS) is 13.1. The Morgan fingerprint density at radius 1 is 1.33 bits per heavy atom. The number of alkyl halides is 1. The summed E-state index contributed by atoms with van der Waals surface area (Å²) in [6, 6.07) is 9.80. The average molecular weight is 268 g/mol. The Balaban J connectivity index is 2.60. The van der Waals surface area contributed by atoms with Gasteiger partial charge in [-0.2, -0.15) is 0 Å². The van der Waals surface area contributed by atoms with Crippen molar-refractivity contribution in [1.29, 1.82) is 0 Å². The summed E-state index contributed by atoms with van der Waals surface area (Å²) in [5.41, 5.74) is 0.494. The van der Waals surface area contributed by atoms with Crippen LogP contribution in [0.1, 0.15) is 39.2 Å². The van der Waals surface area contributed by atoms with Crippen LogP contribution < -0.4 is 5.32 Å². The van der Waals surface area contributed by atoms with Crippen molar-refractivity contribution in [2.75, 3.05) is 6.54 Å². The first-order valence-corrected chi connectivity index (χ1v) is 6.90. The molecule has 0 aliphatic rings. The van der Waals surface area contributed by atoms with Crippen molar-refractivity contribution in [2.24, 2.45) is 0 Å². The molecule has 2 nitrogen and oxygen atoms in total. The van der Waals surface area contributed by atoms with Gasteiger partial charge in [0.25, 0.3) is 0 Å². The maximum absolute atomic E-state index is 12.2. The highest BCUT2D eigenvalue weighted by atomic mass is 35.5. The monoisotopic (exact) mass is 267 g/mol. The van der Waals surface area contributed by atoms with Gasteiger partial charge in [-0.3, -0.25) is 4.79 Å². The quantitative estimate of drug-likeness (QED) is 0.786. The van der Waals surface area contributed by atoms with E-state index in [0.29, 0.717) is 6.54 Å². The molecule has 1 aromatic carbocycles. The molecule has 1 atom stereocenters. The van der Waals surface area contributed by atoms with E-state index in [1.807, 2.05) is 44.2 Å². The van der Waals surface area contributed by atoms with Crippen molar-refractivity contribution < 1.29 is 4.79 Å². The smallest absolute Gasteiger partial charge is 0.230 e. The van der Waals surface area contributed by atoms with E-state index in [-0.39, 0.29) is 11.3 Å². The molecule has 0 radical (unpaired) electrons. The molecule has 1 unspecified atom stereocenters. The lowest BCUT2D eigenvalue weighted by molar-refractivity contribution is -0.125. The fourth-order valence-electron chi connectivity index (χ4n) is 1.83. The lowest BCUT2D eigenvalue weighted by atomic mass is 9.84. The van der Waals surface area contributed by atoms with Crippen molar-refractivity contribution >= 4 is 17.5 Å². The van der Waals surface area contributed by atoms with Crippen LogP contribution in [-0.2, 0) is 10.2 Å². The third kappa shape index (κ3) is 4.02. The molecule has 1 rings (SSSR count). The highest BCUT2D eigenvalue weighted by molar-refractivity contribution is 6.20. The van der Waals surface area contributed by atoms with E-state index < -0.39 is 5.41 Å². The number of nitrogens with one attached hydrogen (secondary N) is 1. The van der Waals surface area contributed by atoms with Crippen LogP contribution in [0.25, 0.3) is 0 Å². The molecule has 0 saturated carbocycles. The fraction of sp³-hybridized carbons (Fsp3) is 0.533. The Kier molecular flexibility index (Phi) is 5.67. The number of hydrogen-bond donors (Lipinski definition) is 1. The van der Waals surface area contributed by atoms with E-state index >= 15 is 0 Å². The maximum atomic E-state index is 12.2. The van der Waals surface area contributed by atoms with Crippen LogP contribution in [0.3, 0.4) is 0 Å². The molecule has 0 bridgehead atoms. The Morgan fingerprint density at radius 2 is 1.94 bits per heavy atom. The third-order valence-corrected chi connectivity index (χ3v) is 3.52. The molecule has 18 heavy (non-hydrogen) atoms. The zero-order valence-corrected chi connectivity index (χ0v) is 12.1. The molecule has 0 aliphatic carbocycles. The molecular formula is C15H22ClNO. The second-order valence-electron chi connectivity index (χ2n) is 5.09. The van der Waals surface area contributed by atoms with Gasteiger partial charge in [0, 0.05) is 6.54 Å². The Bertz CT molecular complexity index is 375. The first-order valence-electron chi connectivity index (χ1n) is 6.46. The van der Waals surface area contributed by atoms with Gasteiger partial charge in [-0.15, -0.1) is 11.6 Å². The molecule has 0 aromatic heterocycles. The van der Waals surface area contributed by atoms with Crippen LogP contribution in [0, 0.1) is 0 Å². The topological polar surface area (TPSA) is 29.1 Å². The third-order valence-electron chi connectivity index (χ3n) is 3.15. The second kappa shape index (κ2) is 6.79. The molecule has 0 saturated heterocycles. The summed E-state index contributed by atoms with van der Waals surface area (Å²) >= 11 is 6.11. The summed E-state index contributed by atoms with van der Waals surface area (Å²) < 4.78 is 0. The molecule has 0 spiro atoms. The van der Waals surface area contributed by atoms with Crippen molar-refractivity contribution in [2.45, 2.75) is 44.4 Å². The van der Waals surface area contributed by atoms with Crippen LogP contribution in [-0.4, -0.2) is 17.8 Å². The Hall–Kier alpha value is -1.02. The first kappa shape index (κ1) is 15.0. The number of rotatable bonds is 6. The Labute approximate surface area is 115 Å². The molecule has 0 aliphatic heterocycles. The number of benzene rings is 1. The number of carbonyl (C=O) groups is 1. The molecule has 0 heterocycles. The number of carbonyl (C=O) groups excluding carboxylic acids is 1. The van der Waals surface area contributed by atoms with Crippen LogP contribution in [0.15, 0.2) is 30.3 Å². The van der Waals surface area contributed by atoms with Crippen molar-refractivity contribution in [3.05, 3.63) is 35.9 Å². The van der Waals surface area contributed by atoms with Gasteiger partial charge in [0.15, 0.2) is 0 Å². The zero-order valence-electron chi connectivity index (χ0n) is 11.4. The largest absolute Gasteiger partial charge is 0.354 e. The predicted molar refractivity (Wildman–Crippen MR) is 77.0 cm³/mol. The highest BCUT2D eigenvalue weighted by Gasteiger charge is 2.29. The fourth-order valence-corrected chi connectivity index (χ4v) is 2.12. The number of halogens is 1. The van der Waals surface area contributed by atoms with E-state index in [1.54, 1.807) is 0 Å². The van der Waals surface area contributed by atoms with E-state index in [4.69, 9.17) is 11.6 Å². The Morgan fingerprint density at radius 3 is 2.50 bits per heavy atom. The standard InChI is InChI=1S/C15H22ClNO/c1-4-8-13(16)11-17-14(18)15(2,3)12-9-6-5-7-10-12/h5-7,9-10,13H,4,8,11H2,1-3H3,(H,17,18). The van der Waals surface area contributed by atoms with Crippen LogP contribution >= 0.6 is 11.6 Å².